The topological polar surface area (TPSA) is 89.8 Å². The van der Waals surface area contributed by atoms with Gasteiger partial charge >= 0.3 is 6.09 Å². The molecule has 3 aromatic rings. The molecule has 2 aliphatic rings. The van der Waals surface area contributed by atoms with Crippen molar-refractivity contribution < 1.29 is 23.5 Å². The average molecular weight is 544 g/mol. The zero-order valence-electron chi connectivity index (χ0n) is 21.4. The SMILES string of the molecule is COCCOC(=O)N1CCC2(CC1)C(=O)N(Cc1nc3ccc(Cl)cc3n1CCCCF)c1cnccc12. The number of ether oxygens (including phenoxy) is 2. The lowest BCUT2D eigenvalue weighted by atomic mass is 9.74. The number of fused-ring (bicyclic) bond motifs is 3. The Morgan fingerprint density at radius 1 is 1.18 bits per heavy atom. The van der Waals surface area contributed by atoms with Gasteiger partial charge in [-0.15, -0.1) is 0 Å². The highest BCUT2D eigenvalue weighted by atomic mass is 35.5. The fourth-order valence-electron chi connectivity index (χ4n) is 5.53. The van der Waals surface area contributed by atoms with Crippen LogP contribution in [0.15, 0.2) is 36.7 Å². The number of likely N-dealkylation sites (tertiary alicyclic amines) is 1. The molecule has 4 heterocycles. The molecule has 0 aliphatic carbocycles. The van der Waals surface area contributed by atoms with Gasteiger partial charge in [0.1, 0.15) is 12.4 Å². The number of alkyl halides is 1. The van der Waals surface area contributed by atoms with Crippen LogP contribution in [0.3, 0.4) is 0 Å². The maximum Gasteiger partial charge on any atom is 0.409 e. The minimum atomic E-state index is -0.740. The number of methoxy groups -OCH3 is 1. The van der Waals surface area contributed by atoms with E-state index < -0.39 is 11.5 Å². The number of nitrogens with zero attached hydrogens (tertiary/aromatic N) is 5. The van der Waals surface area contributed by atoms with Gasteiger partial charge in [0.25, 0.3) is 0 Å². The summed E-state index contributed by atoms with van der Waals surface area (Å²) in [6, 6.07) is 7.41. The minimum Gasteiger partial charge on any atom is -0.447 e. The molecule has 1 aromatic carbocycles. The predicted molar refractivity (Wildman–Crippen MR) is 141 cm³/mol. The van der Waals surface area contributed by atoms with Gasteiger partial charge < -0.3 is 23.8 Å². The van der Waals surface area contributed by atoms with Crippen molar-refractivity contribution in [2.24, 2.45) is 0 Å². The lowest BCUT2D eigenvalue weighted by Crippen LogP contribution is -2.50. The summed E-state index contributed by atoms with van der Waals surface area (Å²) in [6.07, 6.45) is 5.10. The van der Waals surface area contributed by atoms with Crippen LogP contribution in [0.5, 0.6) is 0 Å². The zero-order chi connectivity index (χ0) is 26.7. The number of pyridine rings is 1. The minimum absolute atomic E-state index is 0.0201. The first kappa shape index (κ1) is 26.4. The first-order chi connectivity index (χ1) is 18.5. The van der Waals surface area contributed by atoms with Crippen LogP contribution in [0.1, 0.15) is 37.1 Å². The number of piperidine rings is 1. The van der Waals surface area contributed by atoms with E-state index in [-0.39, 0.29) is 25.7 Å². The molecule has 1 fully saturated rings. The highest BCUT2D eigenvalue weighted by Gasteiger charge is 2.52. The maximum atomic E-state index is 14.1. The van der Waals surface area contributed by atoms with Crippen LogP contribution in [0.4, 0.5) is 14.9 Å². The van der Waals surface area contributed by atoms with E-state index in [4.69, 9.17) is 26.1 Å². The third-order valence-electron chi connectivity index (χ3n) is 7.50. The molecule has 0 unspecified atom stereocenters. The van der Waals surface area contributed by atoms with E-state index in [2.05, 4.69) is 4.98 Å². The Morgan fingerprint density at radius 2 is 2.00 bits per heavy atom. The number of imidazole rings is 1. The Hall–Kier alpha value is -3.24. The van der Waals surface area contributed by atoms with E-state index in [1.54, 1.807) is 35.4 Å². The van der Waals surface area contributed by atoms with Gasteiger partial charge in [0.15, 0.2) is 0 Å². The summed E-state index contributed by atoms with van der Waals surface area (Å²) >= 11 is 6.27. The van der Waals surface area contributed by atoms with Crippen LogP contribution in [0.2, 0.25) is 5.02 Å². The molecule has 0 saturated carbocycles. The summed E-state index contributed by atoms with van der Waals surface area (Å²) < 4.78 is 25.1. The number of carbonyl (C=O) groups excluding carboxylic acids is 2. The zero-order valence-corrected chi connectivity index (χ0v) is 22.1. The Morgan fingerprint density at radius 3 is 2.76 bits per heavy atom. The lowest BCUT2D eigenvalue weighted by molar-refractivity contribution is -0.125. The van der Waals surface area contributed by atoms with Crippen LogP contribution < -0.4 is 4.90 Å². The van der Waals surface area contributed by atoms with Gasteiger partial charge in [0.2, 0.25) is 5.91 Å². The van der Waals surface area contributed by atoms with Gasteiger partial charge in [0, 0.05) is 38.0 Å². The van der Waals surface area contributed by atoms with Gasteiger partial charge in [-0.2, -0.15) is 0 Å². The molecule has 0 radical (unpaired) electrons. The second-order valence-electron chi connectivity index (χ2n) is 9.67. The third kappa shape index (κ3) is 4.82. The van der Waals surface area contributed by atoms with Gasteiger partial charge in [-0.05, 0) is 55.5 Å². The molecule has 1 saturated heterocycles. The van der Waals surface area contributed by atoms with Crippen LogP contribution in [-0.2, 0) is 32.8 Å². The number of unbranched alkanes of at least 4 members (excludes halogenated alkanes) is 1. The molecule has 38 heavy (non-hydrogen) atoms. The van der Waals surface area contributed by atoms with Crippen molar-refractivity contribution >= 4 is 40.3 Å². The molecule has 0 N–H and O–H groups in total. The second kappa shape index (κ2) is 11.2. The molecule has 202 valence electrons. The smallest absolute Gasteiger partial charge is 0.409 e. The molecule has 2 aromatic heterocycles. The number of benzene rings is 1. The van der Waals surface area contributed by atoms with Gasteiger partial charge in [-0.1, -0.05) is 11.6 Å². The average Bonchev–Trinajstić information content (AvgIpc) is 3.37. The fourth-order valence-corrected chi connectivity index (χ4v) is 5.69. The number of anilines is 1. The van der Waals surface area contributed by atoms with Gasteiger partial charge in [-0.25, -0.2) is 9.78 Å². The molecule has 11 heteroatoms. The Balaban J connectivity index is 1.41. The number of aryl methyl sites for hydroxylation is 1. The molecular formula is C27H31ClFN5O4. The maximum absolute atomic E-state index is 14.1. The monoisotopic (exact) mass is 543 g/mol. The van der Waals surface area contributed by atoms with Crippen molar-refractivity contribution in [2.75, 3.05) is 45.0 Å². The van der Waals surface area contributed by atoms with E-state index in [9.17, 15) is 14.0 Å². The first-order valence-electron chi connectivity index (χ1n) is 12.9. The fraction of sp³-hybridized carbons (Fsp3) is 0.481. The first-order valence-corrected chi connectivity index (χ1v) is 13.2. The van der Waals surface area contributed by atoms with Crippen LogP contribution in [0.25, 0.3) is 11.0 Å². The van der Waals surface area contributed by atoms with Crippen molar-refractivity contribution in [1.29, 1.82) is 0 Å². The Kier molecular flexibility index (Phi) is 7.80. The predicted octanol–water partition coefficient (Wildman–Crippen LogP) is 4.50. The standard InChI is InChI=1S/C27H31ClFN5O4/c1-37-14-15-38-26(36)32-12-7-27(8-13-32)20-6-10-30-17-23(20)34(25(27)35)18-24-31-21-5-4-19(28)16-22(21)33(24)11-3-2-9-29/h4-6,10,16-17H,2-3,7-9,11-15,18H2,1H3. The second-order valence-corrected chi connectivity index (χ2v) is 10.1. The molecule has 0 atom stereocenters. The summed E-state index contributed by atoms with van der Waals surface area (Å²) in [5.74, 6) is 0.689. The normalized spacial score (nSPS) is 16.4. The van der Waals surface area contributed by atoms with Crippen molar-refractivity contribution in [3.63, 3.8) is 0 Å². The number of aromatic nitrogens is 3. The molecular weight excluding hydrogens is 513 g/mol. The molecule has 2 aliphatic heterocycles. The van der Waals surface area contributed by atoms with E-state index in [0.29, 0.717) is 62.8 Å². The Labute approximate surface area is 225 Å². The number of carbonyl (C=O) groups is 2. The number of halogens is 2. The highest BCUT2D eigenvalue weighted by Crippen LogP contribution is 2.48. The number of amides is 2. The molecule has 0 bridgehead atoms. The van der Waals surface area contributed by atoms with Crippen molar-refractivity contribution in [2.45, 2.75) is 44.2 Å². The summed E-state index contributed by atoms with van der Waals surface area (Å²) in [4.78, 5) is 39.1. The number of hydrogen-bond acceptors (Lipinski definition) is 6. The van der Waals surface area contributed by atoms with E-state index in [1.165, 1.54) is 0 Å². The van der Waals surface area contributed by atoms with Crippen LogP contribution in [-0.4, -0.2) is 71.5 Å². The quantitative estimate of drug-likeness (QED) is 0.369. The van der Waals surface area contributed by atoms with Gasteiger partial charge in [-0.3, -0.25) is 14.2 Å². The lowest BCUT2D eigenvalue weighted by Gasteiger charge is -2.37. The number of rotatable bonds is 9. The summed E-state index contributed by atoms with van der Waals surface area (Å²) in [5, 5.41) is 0.592. The van der Waals surface area contributed by atoms with Crippen molar-refractivity contribution in [3.8, 4) is 0 Å². The van der Waals surface area contributed by atoms with Crippen LogP contribution in [0, 0.1) is 0 Å². The third-order valence-corrected chi connectivity index (χ3v) is 7.74. The van der Waals surface area contributed by atoms with Crippen LogP contribution >= 0.6 is 11.6 Å². The molecule has 2 amide bonds. The molecule has 9 nitrogen and oxygen atoms in total. The molecule has 5 rings (SSSR count). The highest BCUT2D eigenvalue weighted by molar-refractivity contribution is 6.31. The molecule has 1 spiro atoms. The van der Waals surface area contributed by atoms with Gasteiger partial charge in [0.05, 0.1) is 48.2 Å². The van der Waals surface area contributed by atoms with E-state index in [0.717, 1.165) is 22.3 Å². The van der Waals surface area contributed by atoms with Crippen molar-refractivity contribution in [1.82, 2.24) is 19.4 Å². The summed E-state index contributed by atoms with van der Waals surface area (Å²) in [7, 11) is 1.55. The summed E-state index contributed by atoms with van der Waals surface area (Å²) in [6.45, 7) is 1.79. The largest absolute Gasteiger partial charge is 0.447 e. The summed E-state index contributed by atoms with van der Waals surface area (Å²) in [5.41, 5.74) is 2.58. The Bertz CT molecular complexity index is 1320. The van der Waals surface area contributed by atoms with E-state index in [1.807, 2.05) is 22.8 Å². The number of hydrogen-bond donors (Lipinski definition) is 0. The van der Waals surface area contributed by atoms with Crippen molar-refractivity contribution in [3.05, 3.63) is 53.1 Å². The van der Waals surface area contributed by atoms with E-state index >= 15 is 0 Å².